The lowest BCUT2D eigenvalue weighted by Crippen LogP contribution is -2.15. The molecule has 0 aliphatic carbocycles. The summed E-state index contributed by atoms with van der Waals surface area (Å²) in [7, 11) is 0. The van der Waals surface area contributed by atoms with Gasteiger partial charge in [-0.3, -0.25) is 4.79 Å². The maximum Gasteiger partial charge on any atom is 0.267 e. The number of aryl methyl sites for hydroxylation is 1. The fourth-order valence-corrected chi connectivity index (χ4v) is 1.62. The van der Waals surface area contributed by atoms with Crippen molar-refractivity contribution in [3.05, 3.63) is 63.1 Å². The largest absolute Gasteiger partial charge is 0.268 e. The third kappa shape index (κ3) is 2.75. The Morgan fingerprint density at radius 1 is 1.18 bits per heavy atom. The van der Waals surface area contributed by atoms with Gasteiger partial charge in [0.25, 0.3) is 5.56 Å². The molecule has 2 rings (SSSR count). The summed E-state index contributed by atoms with van der Waals surface area (Å²) >= 11 is 0. The van der Waals surface area contributed by atoms with Gasteiger partial charge in [0.1, 0.15) is 11.6 Å². The Hall–Kier alpha value is -2.04. The van der Waals surface area contributed by atoms with Crippen LogP contribution in [0.3, 0.4) is 0 Å². The van der Waals surface area contributed by atoms with E-state index >= 15 is 0 Å². The molecule has 5 heteroatoms. The van der Waals surface area contributed by atoms with Gasteiger partial charge in [-0.2, -0.15) is 5.10 Å². The number of nitrogens with one attached hydrogen (secondary N) is 1. The van der Waals surface area contributed by atoms with Gasteiger partial charge in [0.2, 0.25) is 0 Å². The van der Waals surface area contributed by atoms with E-state index in [2.05, 4.69) is 10.2 Å². The molecule has 2 aromatic rings. The summed E-state index contributed by atoms with van der Waals surface area (Å²) in [6, 6.07) is 4.81. The Bertz CT molecular complexity index is 587. The van der Waals surface area contributed by atoms with Crippen molar-refractivity contribution < 1.29 is 8.78 Å². The van der Waals surface area contributed by atoms with Crippen molar-refractivity contribution in [2.24, 2.45) is 0 Å². The monoisotopic (exact) mass is 236 g/mol. The van der Waals surface area contributed by atoms with Gasteiger partial charge in [-0.25, -0.2) is 13.9 Å². The zero-order valence-corrected chi connectivity index (χ0v) is 9.13. The summed E-state index contributed by atoms with van der Waals surface area (Å²) < 4.78 is 25.9. The number of benzene rings is 1. The molecule has 3 nitrogen and oxygen atoms in total. The smallest absolute Gasteiger partial charge is 0.267 e. The van der Waals surface area contributed by atoms with Crippen LogP contribution in [0.5, 0.6) is 0 Å². The van der Waals surface area contributed by atoms with Gasteiger partial charge < -0.3 is 0 Å². The second-order valence-corrected chi connectivity index (χ2v) is 3.82. The molecule has 1 aromatic carbocycles. The first-order chi connectivity index (χ1) is 8.04. The molecule has 0 unspecified atom stereocenters. The molecule has 17 heavy (non-hydrogen) atoms. The van der Waals surface area contributed by atoms with Crippen molar-refractivity contribution in [3.63, 3.8) is 0 Å². The van der Waals surface area contributed by atoms with Crippen LogP contribution in [0.25, 0.3) is 0 Å². The normalized spacial score (nSPS) is 10.5. The van der Waals surface area contributed by atoms with Crippen LogP contribution in [-0.4, -0.2) is 10.2 Å². The Kier molecular flexibility index (Phi) is 2.99. The molecule has 1 aromatic heterocycles. The van der Waals surface area contributed by atoms with Gasteiger partial charge in [-0.05, 0) is 30.7 Å². The Labute approximate surface area is 96.1 Å². The lowest BCUT2D eigenvalue weighted by atomic mass is 10.1. The van der Waals surface area contributed by atoms with Crippen molar-refractivity contribution in [2.75, 3.05) is 0 Å². The Morgan fingerprint density at radius 3 is 2.47 bits per heavy atom. The Morgan fingerprint density at radius 2 is 1.82 bits per heavy atom. The molecular weight excluding hydrogens is 226 g/mol. The predicted octanol–water partition coefficient (Wildman–Crippen LogP) is 1.95. The van der Waals surface area contributed by atoms with Crippen LogP contribution in [0.2, 0.25) is 0 Å². The second kappa shape index (κ2) is 4.45. The van der Waals surface area contributed by atoms with Crippen LogP contribution in [0.4, 0.5) is 8.78 Å². The van der Waals surface area contributed by atoms with Crippen LogP contribution < -0.4 is 5.56 Å². The fourth-order valence-electron chi connectivity index (χ4n) is 1.62. The maximum absolute atomic E-state index is 13.0. The lowest BCUT2D eigenvalue weighted by molar-refractivity contribution is 0.580. The number of halogens is 2. The Balaban J connectivity index is 2.37. The molecule has 0 aliphatic rings. The van der Waals surface area contributed by atoms with Crippen molar-refractivity contribution >= 4 is 0 Å². The van der Waals surface area contributed by atoms with Crippen LogP contribution >= 0.6 is 0 Å². The van der Waals surface area contributed by atoms with Gasteiger partial charge in [0.15, 0.2) is 0 Å². The number of rotatable bonds is 2. The topological polar surface area (TPSA) is 45.8 Å². The van der Waals surface area contributed by atoms with E-state index in [1.54, 1.807) is 13.0 Å². The van der Waals surface area contributed by atoms with E-state index in [4.69, 9.17) is 0 Å². The highest BCUT2D eigenvalue weighted by Crippen LogP contribution is 2.11. The number of nitrogens with zero attached hydrogens (tertiary/aromatic N) is 1. The second-order valence-electron chi connectivity index (χ2n) is 3.82. The molecular formula is C12H10F2N2O. The number of aromatic amines is 1. The maximum atomic E-state index is 13.0. The molecule has 0 fully saturated rings. The van der Waals surface area contributed by atoms with Crippen molar-refractivity contribution in [3.8, 4) is 0 Å². The summed E-state index contributed by atoms with van der Waals surface area (Å²) in [5, 5.41) is 6.06. The summed E-state index contributed by atoms with van der Waals surface area (Å²) in [5.74, 6) is -1.30. The molecule has 88 valence electrons. The lowest BCUT2D eigenvalue weighted by Gasteiger charge is -2.02. The SMILES string of the molecule is Cc1cc(Cc2cc(F)cc(F)c2)c(=O)[nH]n1. The van der Waals surface area contributed by atoms with E-state index in [9.17, 15) is 13.6 Å². The highest BCUT2D eigenvalue weighted by atomic mass is 19.1. The molecule has 0 amide bonds. The average Bonchev–Trinajstić information content (AvgIpc) is 2.22. The van der Waals surface area contributed by atoms with E-state index in [-0.39, 0.29) is 12.0 Å². The van der Waals surface area contributed by atoms with E-state index in [0.29, 0.717) is 16.8 Å². The third-order valence-electron chi connectivity index (χ3n) is 2.33. The summed E-state index contributed by atoms with van der Waals surface area (Å²) in [6.45, 7) is 1.73. The molecule has 0 bridgehead atoms. The molecule has 0 atom stereocenters. The summed E-state index contributed by atoms with van der Waals surface area (Å²) in [4.78, 5) is 11.4. The minimum absolute atomic E-state index is 0.174. The van der Waals surface area contributed by atoms with Gasteiger partial charge in [-0.1, -0.05) is 0 Å². The van der Waals surface area contributed by atoms with Crippen LogP contribution in [0.1, 0.15) is 16.8 Å². The molecule has 0 saturated carbocycles. The highest BCUT2D eigenvalue weighted by molar-refractivity contribution is 5.25. The first-order valence-electron chi connectivity index (χ1n) is 5.05. The number of hydrogen-bond acceptors (Lipinski definition) is 2. The minimum atomic E-state index is -0.651. The molecule has 1 N–H and O–H groups in total. The molecule has 0 radical (unpaired) electrons. The minimum Gasteiger partial charge on any atom is -0.268 e. The fraction of sp³-hybridized carbons (Fsp3) is 0.167. The highest BCUT2D eigenvalue weighted by Gasteiger charge is 2.05. The first-order valence-corrected chi connectivity index (χ1v) is 5.05. The zero-order chi connectivity index (χ0) is 12.4. The van der Waals surface area contributed by atoms with Crippen LogP contribution in [-0.2, 0) is 6.42 Å². The standard InChI is InChI=1S/C12H10F2N2O/c1-7-2-9(12(17)16-15-7)3-8-4-10(13)6-11(14)5-8/h2,4-6H,3H2,1H3,(H,16,17). The molecule has 0 spiro atoms. The van der Waals surface area contributed by atoms with Crippen molar-refractivity contribution in [1.82, 2.24) is 10.2 Å². The van der Waals surface area contributed by atoms with E-state index in [1.807, 2.05) is 0 Å². The number of H-pyrrole nitrogens is 1. The molecule has 0 saturated heterocycles. The average molecular weight is 236 g/mol. The number of hydrogen-bond donors (Lipinski definition) is 1. The van der Waals surface area contributed by atoms with Gasteiger partial charge in [0, 0.05) is 18.1 Å². The zero-order valence-electron chi connectivity index (χ0n) is 9.13. The van der Waals surface area contributed by atoms with Gasteiger partial charge in [0.05, 0.1) is 5.69 Å². The number of aromatic nitrogens is 2. The van der Waals surface area contributed by atoms with Crippen LogP contribution in [0, 0.1) is 18.6 Å². The third-order valence-corrected chi connectivity index (χ3v) is 2.33. The molecule has 1 heterocycles. The van der Waals surface area contributed by atoms with E-state index in [1.165, 1.54) is 12.1 Å². The summed E-state index contributed by atoms with van der Waals surface area (Å²) in [5.41, 5.74) is 1.15. The van der Waals surface area contributed by atoms with Crippen molar-refractivity contribution in [1.29, 1.82) is 0 Å². The van der Waals surface area contributed by atoms with E-state index in [0.717, 1.165) is 6.07 Å². The van der Waals surface area contributed by atoms with Gasteiger partial charge in [-0.15, -0.1) is 0 Å². The quantitative estimate of drug-likeness (QED) is 0.866. The molecule has 0 aliphatic heterocycles. The summed E-state index contributed by atoms with van der Waals surface area (Å²) in [6.07, 6.45) is 0.174. The van der Waals surface area contributed by atoms with Crippen LogP contribution in [0.15, 0.2) is 29.1 Å². The van der Waals surface area contributed by atoms with Crippen molar-refractivity contribution in [2.45, 2.75) is 13.3 Å². The first kappa shape index (κ1) is 11.4. The van der Waals surface area contributed by atoms with Gasteiger partial charge >= 0.3 is 0 Å². The predicted molar refractivity (Wildman–Crippen MR) is 58.8 cm³/mol. The van der Waals surface area contributed by atoms with E-state index < -0.39 is 11.6 Å².